The highest BCUT2D eigenvalue weighted by molar-refractivity contribution is 7.99. The molecule has 1 unspecified atom stereocenters. The van der Waals surface area contributed by atoms with E-state index in [4.69, 9.17) is 0 Å². The lowest BCUT2D eigenvalue weighted by atomic mass is 10.0. The molecule has 0 aromatic heterocycles. The molecule has 0 saturated carbocycles. The van der Waals surface area contributed by atoms with Crippen LogP contribution in [0.15, 0.2) is 24.3 Å². The smallest absolute Gasteiger partial charge is 0.115 e. The van der Waals surface area contributed by atoms with Gasteiger partial charge in [0, 0.05) is 5.25 Å². The van der Waals surface area contributed by atoms with Crippen molar-refractivity contribution in [3.8, 4) is 5.75 Å². The lowest BCUT2D eigenvalue weighted by Crippen LogP contribution is -2.02. The lowest BCUT2D eigenvalue weighted by molar-refractivity contribution is 0.475. The van der Waals surface area contributed by atoms with Gasteiger partial charge in [-0.15, -0.1) is 0 Å². The van der Waals surface area contributed by atoms with Gasteiger partial charge in [-0.25, -0.2) is 0 Å². The van der Waals surface area contributed by atoms with Gasteiger partial charge in [0.2, 0.25) is 0 Å². The van der Waals surface area contributed by atoms with E-state index in [-0.39, 0.29) is 0 Å². The Hall–Kier alpha value is -0.630. The molecule has 0 fully saturated rings. The molecule has 0 amide bonds. The first-order chi connectivity index (χ1) is 6.65. The summed E-state index contributed by atoms with van der Waals surface area (Å²) in [7, 11) is 0. The SMILES string of the molecule is CCSC(c1ccc(O)cc1)C(C)C. The minimum Gasteiger partial charge on any atom is -0.508 e. The van der Waals surface area contributed by atoms with Crippen molar-refractivity contribution in [2.75, 3.05) is 5.75 Å². The second kappa shape index (κ2) is 5.30. The summed E-state index contributed by atoms with van der Waals surface area (Å²) in [6.45, 7) is 6.65. The predicted octanol–water partition coefficient (Wildman–Crippen LogP) is 3.84. The summed E-state index contributed by atoms with van der Waals surface area (Å²) in [6, 6.07) is 7.56. The van der Waals surface area contributed by atoms with Crippen molar-refractivity contribution >= 4 is 11.8 Å². The molecule has 0 aliphatic rings. The molecule has 1 nitrogen and oxygen atoms in total. The van der Waals surface area contributed by atoms with Gasteiger partial charge in [-0.3, -0.25) is 0 Å². The molecule has 0 aliphatic carbocycles. The molecule has 1 atom stereocenters. The highest BCUT2D eigenvalue weighted by Gasteiger charge is 2.14. The van der Waals surface area contributed by atoms with Gasteiger partial charge in [-0.2, -0.15) is 11.8 Å². The van der Waals surface area contributed by atoms with Crippen molar-refractivity contribution < 1.29 is 5.11 Å². The molecule has 1 rings (SSSR count). The normalized spacial score (nSPS) is 13.1. The first-order valence-corrected chi connectivity index (χ1v) is 6.10. The van der Waals surface area contributed by atoms with E-state index in [1.807, 2.05) is 23.9 Å². The minimum absolute atomic E-state index is 0.345. The van der Waals surface area contributed by atoms with Gasteiger partial charge < -0.3 is 5.11 Å². The summed E-state index contributed by atoms with van der Waals surface area (Å²) in [6.07, 6.45) is 0. The Balaban J connectivity index is 2.82. The van der Waals surface area contributed by atoms with Crippen LogP contribution >= 0.6 is 11.8 Å². The molecule has 0 radical (unpaired) electrons. The summed E-state index contributed by atoms with van der Waals surface area (Å²) < 4.78 is 0. The van der Waals surface area contributed by atoms with Crippen LogP contribution in [0, 0.1) is 5.92 Å². The summed E-state index contributed by atoms with van der Waals surface area (Å²) in [4.78, 5) is 0. The van der Waals surface area contributed by atoms with Crippen molar-refractivity contribution in [3.05, 3.63) is 29.8 Å². The number of rotatable bonds is 4. The molecule has 0 heterocycles. The monoisotopic (exact) mass is 210 g/mol. The van der Waals surface area contributed by atoms with Crippen LogP contribution in [0.3, 0.4) is 0 Å². The Morgan fingerprint density at radius 3 is 2.21 bits per heavy atom. The zero-order valence-corrected chi connectivity index (χ0v) is 9.84. The van der Waals surface area contributed by atoms with Gasteiger partial charge >= 0.3 is 0 Å². The van der Waals surface area contributed by atoms with Crippen molar-refractivity contribution in [1.82, 2.24) is 0 Å². The highest BCUT2D eigenvalue weighted by atomic mass is 32.2. The Kier molecular flexibility index (Phi) is 4.33. The van der Waals surface area contributed by atoms with Crippen LogP contribution in [0.1, 0.15) is 31.6 Å². The number of hydrogen-bond donors (Lipinski definition) is 1. The second-order valence-electron chi connectivity index (χ2n) is 3.71. The molecular formula is C12H18OS. The van der Waals surface area contributed by atoms with E-state index in [0.717, 1.165) is 5.75 Å². The first kappa shape index (κ1) is 11.4. The number of phenolic OH excluding ortho intramolecular Hbond substituents is 1. The molecule has 0 bridgehead atoms. The molecule has 0 saturated heterocycles. The number of thioether (sulfide) groups is 1. The molecular weight excluding hydrogens is 192 g/mol. The van der Waals surface area contributed by atoms with Crippen molar-refractivity contribution in [1.29, 1.82) is 0 Å². The fourth-order valence-electron chi connectivity index (χ4n) is 1.52. The quantitative estimate of drug-likeness (QED) is 0.814. The Morgan fingerprint density at radius 1 is 1.21 bits per heavy atom. The standard InChI is InChI=1S/C12H18OS/c1-4-14-12(9(2)3)10-5-7-11(13)8-6-10/h5-9,12-13H,4H2,1-3H3. The molecule has 1 aromatic rings. The van der Waals surface area contributed by atoms with Crippen LogP contribution in [0.5, 0.6) is 5.75 Å². The zero-order valence-electron chi connectivity index (χ0n) is 9.03. The molecule has 2 heteroatoms. The fraction of sp³-hybridized carbons (Fsp3) is 0.500. The summed E-state index contributed by atoms with van der Waals surface area (Å²) >= 11 is 1.96. The maximum Gasteiger partial charge on any atom is 0.115 e. The Labute approximate surface area is 90.5 Å². The van der Waals surface area contributed by atoms with Gasteiger partial charge in [-0.05, 0) is 29.4 Å². The van der Waals surface area contributed by atoms with Crippen LogP contribution in [0.25, 0.3) is 0 Å². The second-order valence-corrected chi connectivity index (χ2v) is 5.13. The third-order valence-electron chi connectivity index (χ3n) is 2.17. The van der Waals surface area contributed by atoms with E-state index in [2.05, 4.69) is 20.8 Å². The summed E-state index contributed by atoms with van der Waals surface area (Å²) in [5.74, 6) is 2.10. The topological polar surface area (TPSA) is 20.2 Å². The van der Waals surface area contributed by atoms with Gasteiger partial charge in [0.25, 0.3) is 0 Å². The molecule has 1 aromatic carbocycles. The third kappa shape index (κ3) is 2.95. The zero-order chi connectivity index (χ0) is 10.6. The maximum atomic E-state index is 9.20. The molecule has 14 heavy (non-hydrogen) atoms. The van der Waals surface area contributed by atoms with Crippen LogP contribution in [-0.4, -0.2) is 10.9 Å². The van der Waals surface area contributed by atoms with Gasteiger partial charge in [-0.1, -0.05) is 32.9 Å². The summed E-state index contributed by atoms with van der Waals surface area (Å²) in [5.41, 5.74) is 1.31. The minimum atomic E-state index is 0.345. The van der Waals surface area contributed by atoms with Crippen molar-refractivity contribution in [2.24, 2.45) is 5.92 Å². The van der Waals surface area contributed by atoms with E-state index in [0.29, 0.717) is 16.9 Å². The molecule has 78 valence electrons. The van der Waals surface area contributed by atoms with E-state index in [9.17, 15) is 5.11 Å². The number of phenols is 1. The average Bonchev–Trinajstić information content (AvgIpc) is 2.15. The maximum absolute atomic E-state index is 9.20. The third-order valence-corrected chi connectivity index (χ3v) is 3.68. The largest absolute Gasteiger partial charge is 0.508 e. The number of benzene rings is 1. The van der Waals surface area contributed by atoms with E-state index in [1.165, 1.54) is 5.56 Å². The highest BCUT2D eigenvalue weighted by Crippen LogP contribution is 2.35. The van der Waals surface area contributed by atoms with Crippen molar-refractivity contribution in [3.63, 3.8) is 0 Å². The number of aromatic hydroxyl groups is 1. The van der Waals surface area contributed by atoms with E-state index >= 15 is 0 Å². The summed E-state index contributed by atoms with van der Waals surface area (Å²) in [5, 5.41) is 9.74. The Bertz CT molecular complexity index is 266. The predicted molar refractivity (Wildman–Crippen MR) is 63.8 cm³/mol. The molecule has 0 spiro atoms. The van der Waals surface area contributed by atoms with Gasteiger partial charge in [0.05, 0.1) is 0 Å². The van der Waals surface area contributed by atoms with Crippen LogP contribution in [-0.2, 0) is 0 Å². The Morgan fingerprint density at radius 2 is 1.79 bits per heavy atom. The number of hydrogen-bond acceptors (Lipinski definition) is 2. The van der Waals surface area contributed by atoms with Crippen LogP contribution in [0.2, 0.25) is 0 Å². The van der Waals surface area contributed by atoms with E-state index in [1.54, 1.807) is 12.1 Å². The van der Waals surface area contributed by atoms with Crippen molar-refractivity contribution in [2.45, 2.75) is 26.0 Å². The average molecular weight is 210 g/mol. The van der Waals surface area contributed by atoms with Crippen LogP contribution < -0.4 is 0 Å². The molecule has 0 aliphatic heterocycles. The van der Waals surface area contributed by atoms with Gasteiger partial charge in [0.1, 0.15) is 5.75 Å². The fourth-order valence-corrected chi connectivity index (χ4v) is 2.61. The first-order valence-electron chi connectivity index (χ1n) is 5.05. The van der Waals surface area contributed by atoms with Crippen LogP contribution in [0.4, 0.5) is 0 Å². The lowest BCUT2D eigenvalue weighted by Gasteiger charge is -2.20. The molecule has 1 N–H and O–H groups in total. The van der Waals surface area contributed by atoms with Gasteiger partial charge in [0.15, 0.2) is 0 Å². The van der Waals surface area contributed by atoms with E-state index < -0.39 is 0 Å².